The number of nitrogens with zero attached hydrogens (tertiary/aromatic N) is 1. The number of nitrogens with two attached hydrogens (primary N) is 1. The summed E-state index contributed by atoms with van der Waals surface area (Å²) in [5.74, 6) is -0.345. The molecule has 1 heterocycles. The summed E-state index contributed by atoms with van der Waals surface area (Å²) in [6.07, 6.45) is 0.321. The monoisotopic (exact) mass is 258 g/mol. The number of ether oxygens (including phenoxy) is 2. The fraction of sp³-hybridized carbons (Fsp3) is 0.833. The molecule has 0 aromatic rings. The van der Waals surface area contributed by atoms with Gasteiger partial charge in [0, 0.05) is 18.6 Å². The van der Waals surface area contributed by atoms with Gasteiger partial charge in [-0.2, -0.15) is 0 Å². The number of carbonyl (C=O) groups is 2. The van der Waals surface area contributed by atoms with Crippen molar-refractivity contribution >= 4 is 12.1 Å². The molecule has 18 heavy (non-hydrogen) atoms. The molecule has 0 aromatic carbocycles. The first-order valence-electron chi connectivity index (χ1n) is 6.05. The maximum Gasteiger partial charge on any atom is 0.410 e. The van der Waals surface area contributed by atoms with E-state index in [9.17, 15) is 9.59 Å². The highest BCUT2D eigenvalue weighted by atomic mass is 16.6. The predicted molar refractivity (Wildman–Crippen MR) is 66.0 cm³/mol. The molecule has 0 aliphatic carbocycles. The van der Waals surface area contributed by atoms with Gasteiger partial charge in [0.1, 0.15) is 5.60 Å². The van der Waals surface area contributed by atoms with E-state index in [0.717, 1.165) is 0 Å². The fourth-order valence-corrected chi connectivity index (χ4v) is 1.97. The average Bonchev–Trinajstić information content (AvgIpc) is 2.56. The number of rotatable bonds is 2. The molecule has 104 valence electrons. The van der Waals surface area contributed by atoms with Crippen LogP contribution in [0, 0.1) is 0 Å². The minimum absolute atomic E-state index is 0.118. The zero-order valence-corrected chi connectivity index (χ0v) is 11.4. The Labute approximate surface area is 107 Å². The summed E-state index contributed by atoms with van der Waals surface area (Å²) in [5, 5.41) is 0. The van der Waals surface area contributed by atoms with E-state index in [4.69, 9.17) is 10.5 Å². The van der Waals surface area contributed by atoms with Crippen LogP contribution in [-0.2, 0) is 14.3 Å². The van der Waals surface area contributed by atoms with Crippen molar-refractivity contribution in [2.24, 2.45) is 5.73 Å². The number of amides is 1. The second-order valence-electron chi connectivity index (χ2n) is 5.56. The molecular weight excluding hydrogens is 236 g/mol. The third-order valence-electron chi connectivity index (χ3n) is 2.70. The van der Waals surface area contributed by atoms with E-state index in [1.165, 1.54) is 12.0 Å². The highest BCUT2D eigenvalue weighted by molar-refractivity contribution is 5.73. The largest absolute Gasteiger partial charge is 0.469 e. The number of likely N-dealkylation sites (tertiary alicyclic amines) is 1. The summed E-state index contributed by atoms with van der Waals surface area (Å²) < 4.78 is 9.91. The molecule has 1 aliphatic rings. The van der Waals surface area contributed by atoms with Crippen molar-refractivity contribution in [2.75, 3.05) is 13.7 Å². The van der Waals surface area contributed by atoms with E-state index in [-0.39, 0.29) is 24.5 Å². The Morgan fingerprint density at radius 2 is 2.00 bits per heavy atom. The quantitative estimate of drug-likeness (QED) is 0.744. The maximum atomic E-state index is 12.0. The van der Waals surface area contributed by atoms with Crippen LogP contribution in [-0.4, -0.2) is 48.3 Å². The van der Waals surface area contributed by atoms with Crippen molar-refractivity contribution in [3.05, 3.63) is 0 Å². The first kappa shape index (κ1) is 14.8. The van der Waals surface area contributed by atoms with Crippen LogP contribution in [0.4, 0.5) is 4.79 Å². The maximum absolute atomic E-state index is 12.0. The molecule has 2 atom stereocenters. The lowest BCUT2D eigenvalue weighted by atomic mass is 10.1. The van der Waals surface area contributed by atoms with Gasteiger partial charge in [0.2, 0.25) is 0 Å². The van der Waals surface area contributed by atoms with Crippen LogP contribution in [0.5, 0.6) is 0 Å². The summed E-state index contributed by atoms with van der Waals surface area (Å²) >= 11 is 0. The van der Waals surface area contributed by atoms with Gasteiger partial charge in [0.25, 0.3) is 0 Å². The zero-order chi connectivity index (χ0) is 13.9. The van der Waals surface area contributed by atoms with Crippen molar-refractivity contribution in [1.29, 1.82) is 0 Å². The minimum Gasteiger partial charge on any atom is -0.469 e. The molecule has 1 rings (SSSR count). The molecule has 0 aromatic heterocycles. The first-order chi connectivity index (χ1) is 8.23. The summed E-state index contributed by atoms with van der Waals surface area (Å²) in [5.41, 5.74) is 5.28. The summed E-state index contributed by atoms with van der Waals surface area (Å²) in [7, 11) is 1.33. The number of hydrogen-bond donors (Lipinski definition) is 1. The van der Waals surface area contributed by atoms with E-state index in [0.29, 0.717) is 13.0 Å². The van der Waals surface area contributed by atoms with Crippen LogP contribution in [0.1, 0.15) is 33.6 Å². The summed E-state index contributed by atoms with van der Waals surface area (Å²) in [6.45, 7) is 5.82. The van der Waals surface area contributed by atoms with Crippen LogP contribution in [0.3, 0.4) is 0 Å². The first-order valence-corrected chi connectivity index (χ1v) is 6.05. The molecule has 2 N–H and O–H groups in total. The molecule has 1 aliphatic heterocycles. The standard InChI is InChI=1S/C12H22N2O4/c1-12(2,3)18-11(16)14-7-8(13)5-9(14)6-10(15)17-4/h8-9H,5-7,13H2,1-4H3/t8-,9-/m1/s1. The van der Waals surface area contributed by atoms with Crippen LogP contribution in [0.25, 0.3) is 0 Å². The lowest BCUT2D eigenvalue weighted by Crippen LogP contribution is -2.41. The Morgan fingerprint density at radius 3 is 2.50 bits per heavy atom. The normalized spacial score (nSPS) is 23.9. The van der Waals surface area contributed by atoms with Crippen LogP contribution in [0.2, 0.25) is 0 Å². The SMILES string of the molecule is COC(=O)C[C@H]1C[C@@H](N)CN1C(=O)OC(C)(C)C. The van der Waals surface area contributed by atoms with Gasteiger partial charge in [-0.3, -0.25) is 4.79 Å². The summed E-state index contributed by atoms with van der Waals surface area (Å²) in [4.78, 5) is 24.8. The molecule has 0 bridgehead atoms. The van der Waals surface area contributed by atoms with Crippen molar-refractivity contribution in [1.82, 2.24) is 4.90 Å². The van der Waals surface area contributed by atoms with Crippen molar-refractivity contribution in [3.63, 3.8) is 0 Å². The van der Waals surface area contributed by atoms with Crippen molar-refractivity contribution < 1.29 is 19.1 Å². The molecular formula is C12H22N2O4. The number of hydrogen-bond acceptors (Lipinski definition) is 5. The molecule has 1 fully saturated rings. The van der Waals surface area contributed by atoms with E-state index in [2.05, 4.69) is 4.74 Å². The van der Waals surface area contributed by atoms with E-state index in [1.54, 1.807) is 20.8 Å². The average molecular weight is 258 g/mol. The molecule has 1 saturated heterocycles. The Hall–Kier alpha value is -1.30. The molecule has 0 saturated carbocycles. The molecule has 0 unspecified atom stereocenters. The fourth-order valence-electron chi connectivity index (χ4n) is 1.97. The third-order valence-corrected chi connectivity index (χ3v) is 2.70. The topological polar surface area (TPSA) is 81.9 Å². The lowest BCUT2D eigenvalue weighted by Gasteiger charge is -2.28. The highest BCUT2D eigenvalue weighted by Gasteiger charge is 2.37. The van der Waals surface area contributed by atoms with Crippen molar-refractivity contribution in [3.8, 4) is 0 Å². The molecule has 0 spiro atoms. The van der Waals surface area contributed by atoms with Gasteiger partial charge in [-0.25, -0.2) is 4.79 Å². The van der Waals surface area contributed by atoms with E-state index >= 15 is 0 Å². The van der Waals surface area contributed by atoms with Gasteiger partial charge in [0.05, 0.1) is 13.5 Å². The van der Waals surface area contributed by atoms with Gasteiger partial charge >= 0.3 is 12.1 Å². The lowest BCUT2D eigenvalue weighted by molar-refractivity contribution is -0.141. The second kappa shape index (κ2) is 5.56. The third kappa shape index (κ3) is 4.18. The highest BCUT2D eigenvalue weighted by Crippen LogP contribution is 2.22. The predicted octanol–water partition coefficient (Wildman–Crippen LogP) is 0.886. The molecule has 6 heteroatoms. The number of esters is 1. The Bertz CT molecular complexity index is 325. The smallest absolute Gasteiger partial charge is 0.410 e. The van der Waals surface area contributed by atoms with E-state index < -0.39 is 11.7 Å². The Morgan fingerprint density at radius 1 is 1.39 bits per heavy atom. The molecule has 0 radical (unpaired) electrons. The number of methoxy groups -OCH3 is 1. The van der Waals surface area contributed by atoms with E-state index in [1.807, 2.05) is 0 Å². The molecule has 1 amide bonds. The van der Waals surface area contributed by atoms with Crippen molar-refractivity contribution in [2.45, 2.75) is 51.3 Å². The van der Waals surface area contributed by atoms with Crippen LogP contribution in [0.15, 0.2) is 0 Å². The minimum atomic E-state index is -0.556. The van der Waals surface area contributed by atoms with Gasteiger partial charge in [-0.05, 0) is 27.2 Å². The summed E-state index contributed by atoms with van der Waals surface area (Å²) in [6, 6.07) is -0.352. The second-order valence-corrected chi connectivity index (χ2v) is 5.56. The van der Waals surface area contributed by atoms with Gasteiger partial charge in [-0.1, -0.05) is 0 Å². The Balaban J connectivity index is 2.66. The van der Waals surface area contributed by atoms with Gasteiger partial charge in [-0.15, -0.1) is 0 Å². The zero-order valence-electron chi connectivity index (χ0n) is 11.4. The van der Waals surface area contributed by atoms with Crippen LogP contribution >= 0.6 is 0 Å². The Kier molecular flexibility index (Phi) is 4.56. The number of carbonyl (C=O) groups excluding carboxylic acids is 2. The van der Waals surface area contributed by atoms with Gasteiger partial charge in [0.15, 0.2) is 0 Å². The molecule has 6 nitrogen and oxygen atoms in total. The van der Waals surface area contributed by atoms with Gasteiger partial charge < -0.3 is 20.1 Å². The van der Waals surface area contributed by atoms with Crippen LogP contribution < -0.4 is 5.73 Å².